The average Bonchev–Trinajstić information content (AvgIpc) is 2.98. The van der Waals surface area contributed by atoms with Gasteiger partial charge in [0.1, 0.15) is 17.3 Å². The smallest absolute Gasteiger partial charge is 0.295 e. The molecule has 6 nitrogen and oxygen atoms in total. The first-order valence-electron chi connectivity index (χ1n) is 9.77. The number of halogens is 2. The van der Waals surface area contributed by atoms with E-state index in [1.54, 1.807) is 12.1 Å². The fourth-order valence-electron chi connectivity index (χ4n) is 3.66. The topological polar surface area (TPSA) is 70.1 Å². The van der Waals surface area contributed by atoms with Crippen LogP contribution < -0.4 is 4.74 Å². The van der Waals surface area contributed by atoms with Gasteiger partial charge in [-0.05, 0) is 51.3 Å². The van der Waals surface area contributed by atoms with Crippen LogP contribution in [0.25, 0.3) is 5.76 Å². The van der Waals surface area contributed by atoms with Crippen molar-refractivity contribution in [3.05, 3.63) is 70.0 Å². The number of nitrogens with zero attached hydrogens (tertiary/aromatic N) is 2. The molecule has 2 aromatic carbocycles. The van der Waals surface area contributed by atoms with E-state index in [4.69, 9.17) is 16.3 Å². The maximum atomic E-state index is 14.7. The molecule has 0 saturated carbocycles. The summed E-state index contributed by atoms with van der Waals surface area (Å²) >= 11 is 6.17. The summed E-state index contributed by atoms with van der Waals surface area (Å²) in [6, 6.07) is 9.40. The number of likely N-dealkylation sites (tertiary alicyclic amines) is 1. The van der Waals surface area contributed by atoms with Crippen LogP contribution in [0.5, 0.6) is 5.75 Å². The summed E-state index contributed by atoms with van der Waals surface area (Å²) < 4.78 is 19.8. The number of rotatable bonds is 7. The molecule has 1 fully saturated rings. The molecule has 1 atom stereocenters. The molecule has 3 rings (SSSR count). The first-order valence-corrected chi connectivity index (χ1v) is 10.2. The second kappa shape index (κ2) is 9.49. The average molecular weight is 447 g/mol. The normalized spacial score (nSPS) is 18.1. The fourth-order valence-corrected chi connectivity index (χ4v) is 3.91. The number of aliphatic hydroxyl groups is 1. The Bertz CT molecular complexity index is 1040. The number of hydrogen-bond donors (Lipinski definition) is 1. The number of hydrogen-bond acceptors (Lipinski definition) is 5. The summed E-state index contributed by atoms with van der Waals surface area (Å²) in [6.07, 6.45) is 0.583. The maximum absolute atomic E-state index is 14.7. The highest BCUT2D eigenvalue weighted by Gasteiger charge is 2.46. The van der Waals surface area contributed by atoms with Crippen LogP contribution >= 0.6 is 11.6 Å². The van der Waals surface area contributed by atoms with Crippen LogP contribution in [0.15, 0.2) is 48.0 Å². The Balaban J connectivity index is 2.13. The number of ether oxygens (including phenoxy) is 1. The van der Waals surface area contributed by atoms with Crippen LogP contribution in [0, 0.1) is 5.82 Å². The molecule has 1 N–H and O–H groups in total. The Labute approximate surface area is 185 Å². The second-order valence-electron chi connectivity index (χ2n) is 7.52. The van der Waals surface area contributed by atoms with E-state index in [9.17, 15) is 19.1 Å². The van der Waals surface area contributed by atoms with Crippen molar-refractivity contribution in [1.82, 2.24) is 9.80 Å². The molecule has 2 aromatic rings. The number of methoxy groups -OCH3 is 1. The summed E-state index contributed by atoms with van der Waals surface area (Å²) in [6.45, 7) is 0.920. The lowest BCUT2D eigenvalue weighted by Gasteiger charge is -2.26. The second-order valence-corrected chi connectivity index (χ2v) is 7.93. The SMILES string of the molecule is COc1ccc(/C(O)=C2\C(=O)C(=O)N(CCCN(C)C)[C@H]2c2ccccc2F)cc1Cl. The van der Waals surface area contributed by atoms with Crippen LogP contribution in [-0.4, -0.2) is 60.9 Å². The minimum absolute atomic E-state index is 0.146. The van der Waals surface area contributed by atoms with E-state index in [0.717, 1.165) is 0 Å². The van der Waals surface area contributed by atoms with Gasteiger partial charge in [0.05, 0.1) is 23.7 Å². The molecular weight excluding hydrogens is 423 g/mol. The highest BCUT2D eigenvalue weighted by molar-refractivity contribution is 6.46. The molecule has 1 amide bonds. The molecular formula is C23H24ClFN2O4. The third-order valence-electron chi connectivity index (χ3n) is 5.17. The Morgan fingerprint density at radius 3 is 2.55 bits per heavy atom. The highest BCUT2D eigenvalue weighted by atomic mass is 35.5. The monoisotopic (exact) mass is 446 g/mol. The van der Waals surface area contributed by atoms with Gasteiger partial charge >= 0.3 is 0 Å². The van der Waals surface area contributed by atoms with Crippen molar-refractivity contribution < 1.29 is 23.8 Å². The molecule has 0 spiro atoms. The van der Waals surface area contributed by atoms with Gasteiger partial charge in [-0.25, -0.2) is 4.39 Å². The van der Waals surface area contributed by atoms with Crippen molar-refractivity contribution >= 4 is 29.1 Å². The molecule has 0 aromatic heterocycles. The Hall–Kier alpha value is -2.90. The predicted octanol–water partition coefficient (Wildman–Crippen LogP) is 3.86. The Morgan fingerprint density at radius 1 is 1.23 bits per heavy atom. The van der Waals surface area contributed by atoms with E-state index < -0.39 is 29.3 Å². The highest BCUT2D eigenvalue weighted by Crippen LogP contribution is 2.41. The summed E-state index contributed by atoms with van der Waals surface area (Å²) in [5.74, 6) is -2.21. The molecule has 0 aliphatic carbocycles. The zero-order chi connectivity index (χ0) is 22.7. The maximum Gasteiger partial charge on any atom is 0.295 e. The number of aliphatic hydroxyl groups excluding tert-OH is 1. The van der Waals surface area contributed by atoms with Gasteiger partial charge in [0.15, 0.2) is 0 Å². The minimum atomic E-state index is -1.04. The van der Waals surface area contributed by atoms with Crippen LogP contribution in [-0.2, 0) is 9.59 Å². The van der Waals surface area contributed by atoms with Gasteiger partial charge in [-0.15, -0.1) is 0 Å². The summed E-state index contributed by atoms with van der Waals surface area (Å²) in [7, 11) is 5.25. The van der Waals surface area contributed by atoms with Gasteiger partial charge in [-0.1, -0.05) is 29.8 Å². The van der Waals surface area contributed by atoms with Crippen LogP contribution in [0.2, 0.25) is 5.02 Å². The lowest BCUT2D eigenvalue weighted by atomic mass is 9.95. The molecule has 1 aliphatic rings. The van der Waals surface area contributed by atoms with Crippen LogP contribution in [0.3, 0.4) is 0 Å². The summed E-state index contributed by atoms with van der Waals surface area (Å²) in [5.41, 5.74) is 0.215. The van der Waals surface area contributed by atoms with E-state index in [0.29, 0.717) is 18.7 Å². The largest absolute Gasteiger partial charge is 0.507 e. The quantitative estimate of drug-likeness (QED) is 0.397. The molecule has 1 aliphatic heterocycles. The lowest BCUT2D eigenvalue weighted by molar-refractivity contribution is -0.140. The van der Waals surface area contributed by atoms with E-state index in [-0.39, 0.29) is 28.3 Å². The van der Waals surface area contributed by atoms with Crippen molar-refractivity contribution in [1.29, 1.82) is 0 Å². The molecule has 31 heavy (non-hydrogen) atoms. The molecule has 1 heterocycles. The summed E-state index contributed by atoms with van der Waals surface area (Å²) in [4.78, 5) is 29.0. The summed E-state index contributed by atoms with van der Waals surface area (Å²) in [5, 5.41) is 11.2. The van der Waals surface area contributed by atoms with Crippen LogP contribution in [0.1, 0.15) is 23.6 Å². The standard InChI is InChI=1S/C23H24ClFN2O4/c1-26(2)11-6-12-27-20(15-7-4-5-8-17(15)25)19(22(29)23(27)30)21(28)14-9-10-18(31-3)16(24)13-14/h4-5,7-10,13,20,28H,6,11-12H2,1-3H3/b21-19+/t20-/m0/s1. The van der Waals surface area contributed by atoms with Crippen molar-refractivity contribution in [3.63, 3.8) is 0 Å². The number of benzene rings is 2. The van der Waals surface area contributed by atoms with E-state index in [1.165, 1.54) is 42.3 Å². The molecule has 164 valence electrons. The zero-order valence-corrected chi connectivity index (χ0v) is 18.3. The van der Waals surface area contributed by atoms with E-state index >= 15 is 0 Å². The van der Waals surface area contributed by atoms with Gasteiger partial charge < -0.3 is 19.6 Å². The minimum Gasteiger partial charge on any atom is -0.507 e. The van der Waals surface area contributed by atoms with Crippen molar-refractivity contribution in [2.45, 2.75) is 12.5 Å². The van der Waals surface area contributed by atoms with Crippen molar-refractivity contribution in [2.24, 2.45) is 0 Å². The first kappa shape index (κ1) is 22.8. The molecule has 8 heteroatoms. The molecule has 0 radical (unpaired) electrons. The fraction of sp³-hybridized carbons (Fsp3) is 0.304. The number of carbonyl (C=O) groups excluding carboxylic acids is 2. The third kappa shape index (κ3) is 4.57. The predicted molar refractivity (Wildman–Crippen MR) is 117 cm³/mol. The first-order chi connectivity index (χ1) is 14.8. The van der Waals surface area contributed by atoms with E-state index in [1.807, 2.05) is 19.0 Å². The molecule has 1 saturated heterocycles. The number of amides is 1. The van der Waals surface area contributed by atoms with Crippen molar-refractivity contribution in [2.75, 3.05) is 34.3 Å². The van der Waals surface area contributed by atoms with Gasteiger partial charge in [0, 0.05) is 17.7 Å². The molecule has 0 bridgehead atoms. The zero-order valence-electron chi connectivity index (χ0n) is 17.6. The van der Waals surface area contributed by atoms with Gasteiger partial charge in [-0.2, -0.15) is 0 Å². The Morgan fingerprint density at radius 2 is 1.94 bits per heavy atom. The van der Waals surface area contributed by atoms with E-state index in [2.05, 4.69) is 0 Å². The number of Topliss-reactive ketones (excluding diaryl/α,β-unsaturated/α-hetero) is 1. The van der Waals surface area contributed by atoms with Crippen molar-refractivity contribution in [3.8, 4) is 5.75 Å². The Kier molecular flexibility index (Phi) is 6.97. The lowest BCUT2D eigenvalue weighted by Crippen LogP contribution is -2.32. The van der Waals surface area contributed by atoms with Gasteiger partial charge in [-0.3, -0.25) is 9.59 Å². The van der Waals surface area contributed by atoms with Gasteiger partial charge in [0.25, 0.3) is 11.7 Å². The number of ketones is 1. The molecule has 0 unspecified atom stereocenters. The van der Waals surface area contributed by atoms with Gasteiger partial charge in [0.2, 0.25) is 0 Å². The third-order valence-corrected chi connectivity index (χ3v) is 5.46. The number of carbonyl (C=O) groups is 2. The van der Waals surface area contributed by atoms with Crippen LogP contribution in [0.4, 0.5) is 4.39 Å².